The molecule has 1 atom stereocenters. The van der Waals surface area contributed by atoms with Crippen LogP contribution in [0.3, 0.4) is 0 Å². The highest BCUT2D eigenvalue weighted by Crippen LogP contribution is 2.38. The number of nitrogens with zero attached hydrogens (tertiary/aromatic N) is 1. The first-order chi connectivity index (χ1) is 11.1. The number of halogens is 1. The Bertz CT molecular complexity index is 800. The molecule has 0 radical (unpaired) electrons. The van der Waals surface area contributed by atoms with E-state index in [1.165, 1.54) is 36.0 Å². The van der Waals surface area contributed by atoms with E-state index in [1.54, 1.807) is 0 Å². The smallest absolute Gasteiger partial charge is 0.321 e. The second kappa shape index (κ2) is 6.71. The topological polar surface area (TPSA) is 42.2 Å². The van der Waals surface area contributed by atoms with Crippen molar-refractivity contribution in [3.05, 3.63) is 84.4 Å². The van der Waals surface area contributed by atoms with Crippen LogP contribution in [0, 0.1) is 5.82 Å². The van der Waals surface area contributed by atoms with Crippen LogP contribution in [0.15, 0.2) is 78.0 Å². The fourth-order valence-electron chi connectivity index (χ4n) is 2.29. The van der Waals surface area contributed by atoms with E-state index in [0.29, 0.717) is 5.56 Å². The Morgan fingerprint density at radius 2 is 1.65 bits per heavy atom. The van der Waals surface area contributed by atoms with Crippen molar-refractivity contribution < 1.29 is 14.3 Å². The first-order valence-corrected chi connectivity index (χ1v) is 7.90. The van der Waals surface area contributed by atoms with Gasteiger partial charge in [-0.15, -0.1) is 11.8 Å². The van der Waals surface area contributed by atoms with Crippen LogP contribution in [0.25, 0.3) is 5.69 Å². The van der Waals surface area contributed by atoms with Crippen molar-refractivity contribution >= 4 is 17.7 Å². The van der Waals surface area contributed by atoms with Gasteiger partial charge in [0, 0.05) is 17.3 Å². The molecule has 0 aliphatic heterocycles. The quantitative estimate of drug-likeness (QED) is 0.700. The molecule has 0 aliphatic carbocycles. The highest BCUT2D eigenvalue weighted by Gasteiger charge is 2.22. The molecule has 0 fully saturated rings. The predicted octanol–water partition coefficient (Wildman–Crippen LogP) is 4.53. The van der Waals surface area contributed by atoms with Gasteiger partial charge in [-0.1, -0.05) is 24.3 Å². The molecule has 1 N–H and O–H groups in total. The van der Waals surface area contributed by atoms with Gasteiger partial charge in [0.1, 0.15) is 11.1 Å². The Labute approximate surface area is 137 Å². The fraction of sp³-hybridized carbons (Fsp3) is 0.0556. The van der Waals surface area contributed by atoms with E-state index in [2.05, 4.69) is 0 Å². The van der Waals surface area contributed by atoms with Crippen LogP contribution in [-0.4, -0.2) is 15.6 Å². The third-order valence-corrected chi connectivity index (χ3v) is 4.70. The van der Waals surface area contributed by atoms with Crippen LogP contribution in [-0.2, 0) is 4.79 Å². The van der Waals surface area contributed by atoms with Gasteiger partial charge >= 0.3 is 5.97 Å². The van der Waals surface area contributed by atoms with Gasteiger partial charge < -0.3 is 9.67 Å². The molecule has 0 aliphatic rings. The minimum Gasteiger partial charge on any atom is -0.480 e. The molecule has 2 aromatic carbocycles. The summed E-state index contributed by atoms with van der Waals surface area (Å²) in [4.78, 5) is 12.5. The number of aromatic nitrogens is 1. The van der Waals surface area contributed by atoms with Crippen LogP contribution in [0.2, 0.25) is 0 Å². The number of aliphatic carboxylic acids is 1. The Hall–Kier alpha value is -2.53. The molecule has 0 spiro atoms. The number of carbonyl (C=O) groups is 1. The SMILES string of the molecule is O=C(O)[C@@H](Sc1ccccc1-n1cccc1)c1ccc(F)cc1. The molecule has 0 saturated carbocycles. The van der Waals surface area contributed by atoms with E-state index in [-0.39, 0.29) is 5.82 Å². The third-order valence-electron chi connectivity index (χ3n) is 3.39. The minimum absolute atomic E-state index is 0.379. The van der Waals surface area contributed by atoms with Crippen molar-refractivity contribution in [3.63, 3.8) is 0 Å². The molecule has 3 aromatic rings. The van der Waals surface area contributed by atoms with E-state index in [0.717, 1.165) is 10.6 Å². The number of carboxylic acid groups (broad SMARTS) is 1. The zero-order chi connectivity index (χ0) is 16.2. The summed E-state index contributed by atoms with van der Waals surface area (Å²) in [6.45, 7) is 0. The van der Waals surface area contributed by atoms with Gasteiger partial charge in [-0.3, -0.25) is 4.79 Å². The third kappa shape index (κ3) is 3.46. The largest absolute Gasteiger partial charge is 0.480 e. The number of rotatable bonds is 5. The molecule has 0 bridgehead atoms. The Morgan fingerprint density at radius 3 is 2.30 bits per heavy atom. The lowest BCUT2D eigenvalue weighted by Gasteiger charge is -2.16. The van der Waals surface area contributed by atoms with Gasteiger partial charge in [-0.25, -0.2) is 4.39 Å². The predicted molar refractivity (Wildman–Crippen MR) is 88.4 cm³/mol. The van der Waals surface area contributed by atoms with E-state index < -0.39 is 11.2 Å². The Balaban J connectivity index is 1.96. The lowest BCUT2D eigenvalue weighted by atomic mass is 10.1. The average Bonchev–Trinajstić information content (AvgIpc) is 3.08. The Morgan fingerprint density at radius 1 is 1.00 bits per heavy atom. The maximum Gasteiger partial charge on any atom is 0.321 e. The number of benzene rings is 2. The molecule has 3 rings (SSSR count). The van der Waals surface area contributed by atoms with Gasteiger partial charge in [0.2, 0.25) is 0 Å². The lowest BCUT2D eigenvalue weighted by molar-refractivity contribution is -0.136. The lowest BCUT2D eigenvalue weighted by Crippen LogP contribution is -2.08. The molecule has 116 valence electrons. The number of para-hydroxylation sites is 1. The summed E-state index contributed by atoms with van der Waals surface area (Å²) < 4.78 is 15.0. The van der Waals surface area contributed by atoms with Crippen LogP contribution < -0.4 is 0 Å². The van der Waals surface area contributed by atoms with Crippen LogP contribution in [0.4, 0.5) is 4.39 Å². The van der Waals surface area contributed by atoms with E-state index in [1.807, 2.05) is 53.4 Å². The molecule has 5 heteroatoms. The summed E-state index contributed by atoms with van der Waals surface area (Å²) in [5.41, 5.74) is 1.47. The molecule has 3 nitrogen and oxygen atoms in total. The van der Waals surface area contributed by atoms with Gasteiger partial charge in [-0.2, -0.15) is 0 Å². The molecule has 0 amide bonds. The fourth-order valence-corrected chi connectivity index (χ4v) is 3.39. The number of carboxylic acids is 1. The Kier molecular flexibility index (Phi) is 4.48. The van der Waals surface area contributed by atoms with Crippen LogP contribution in [0.1, 0.15) is 10.8 Å². The molecule has 1 heterocycles. The molecule has 1 aromatic heterocycles. The van der Waals surface area contributed by atoms with Crippen molar-refractivity contribution in [2.24, 2.45) is 0 Å². The van der Waals surface area contributed by atoms with Gasteiger partial charge in [-0.05, 0) is 42.0 Å². The maximum atomic E-state index is 13.1. The van der Waals surface area contributed by atoms with Crippen LogP contribution >= 0.6 is 11.8 Å². The maximum absolute atomic E-state index is 13.1. The van der Waals surface area contributed by atoms with Crippen molar-refractivity contribution in [2.75, 3.05) is 0 Å². The summed E-state index contributed by atoms with van der Waals surface area (Å²) in [6, 6.07) is 17.0. The summed E-state index contributed by atoms with van der Waals surface area (Å²) in [5, 5.41) is 8.76. The number of hydrogen-bond acceptors (Lipinski definition) is 2. The normalized spacial score (nSPS) is 12.0. The van der Waals surface area contributed by atoms with Crippen molar-refractivity contribution in [1.82, 2.24) is 4.57 Å². The van der Waals surface area contributed by atoms with E-state index in [4.69, 9.17) is 0 Å². The second-order valence-electron chi connectivity index (χ2n) is 4.95. The van der Waals surface area contributed by atoms with Crippen LogP contribution in [0.5, 0.6) is 0 Å². The number of thioether (sulfide) groups is 1. The average molecular weight is 327 g/mol. The monoisotopic (exact) mass is 327 g/mol. The van der Waals surface area contributed by atoms with Gasteiger partial charge in [0.25, 0.3) is 0 Å². The number of hydrogen-bond donors (Lipinski definition) is 1. The van der Waals surface area contributed by atoms with Gasteiger partial charge in [0.15, 0.2) is 0 Å². The van der Waals surface area contributed by atoms with Crippen molar-refractivity contribution in [2.45, 2.75) is 10.1 Å². The van der Waals surface area contributed by atoms with Gasteiger partial charge in [0.05, 0.1) is 5.69 Å². The summed E-state index contributed by atoms with van der Waals surface area (Å²) in [6.07, 6.45) is 3.82. The first-order valence-electron chi connectivity index (χ1n) is 7.02. The standard InChI is InChI=1S/C18H14FNO2S/c19-14-9-7-13(8-10-14)17(18(21)22)23-16-6-2-1-5-15(16)20-11-3-4-12-20/h1-12,17H,(H,21,22)/t17-/m0/s1. The minimum atomic E-state index is -0.955. The highest BCUT2D eigenvalue weighted by molar-refractivity contribution is 8.00. The molecular formula is C18H14FNO2S. The zero-order valence-electron chi connectivity index (χ0n) is 12.1. The molecule has 0 saturated heterocycles. The van der Waals surface area contributed by atoms with E-state index >= 15 is 0 Å². The molecule has 0 unspecified atom stereocenters. The van der Waals surface area contributed by atoms with E-state index in [9.17, 15) is 14.3 Å². The molecular weight excluding hydrogens is 313 g/mol. The van der Waals surface area contributed by atoms with Crippen molar-refractivity contribution in [1.29, 1.82) is 0 Å². The second-order valence-corrected chi connectivity index (χ2v) is 6.09. The zero-order valence-corrected chi connectivity index (χ0v) is 12.9. The summed E-state index contributed by atoms with van der Waals surface area (Å²) >= 11 is 1.24. The van der Waals surface area contributed by atoms with Crippen molar-refractivity contribution in [3.8, 4) is 5.69 Å². The summed E-state index contributed by atoms with van der Waals surface area (Å²) in [5.74, 6) is -1.33. The highest BCUT2D eigenvalue weighted by atomic mass is 32.2. The molecule has 23 heavy (non-hydrogen) atoms. The summed E-state index contributed by atoms with van der Waals surface area (Å²) in [7, 11) is 0. The first kappa shape index (κ1) is 15.4.